The van der Waals surface area contributed by atoms with Gasteiger partial charge in [-0.3, -0.25) is 0 Å². The first-order valence-electron chi connectivity index (χ1n) is 20.1. The summed E-state index contributed by atoms with van der Waals surface area (Å²) >= 11 is 0. The third-order valence-electron chi connectivity index (χ3n) is 9.68. The quantitative estimate of drug-likeness (QED) is 0.0500. The van der Waals surface area contributed by atoms with Crippen molar-refractivity contribution in [2.24, 2.45) is 0 Å². The number of nitrogens with zero attached hydrogens (tertiary/aromatic N) is 1. The monoisotopic (exact) mass is 646 g/mol. The first-order chi connectivity index (χ1) is 21.1. The van der Waals surface area contributed by atoms with Crippen molar-refractivity contribution >= 4 is 5.97 Å². The molecular weight excluding hydrogens is 566 g/mol. The third kappa shape index (κ3) is 37.5. The Morgan fingerprint density at radius 2 is 0.636 bits per heavy atom. The van der Waals surface area contributed by atoms with Crippen LogP contribution >= 0.6 is 0 Å². The molecule has 0 bridgehead atoms. The van der Waals surface area contributed by atoms with Crippen LogP contribution in [0, 0.1) is 0 Å². The Bertz CT molecular complexity index is 507. The van der Waals surface area contributed by atoms with Crippen molar-refractivity contribution in [3.05, 3.63) is 0 Å². The minimum Gasteiger partial charge on any atom is -0.550 e. The number of carboxylic acid groups (broad SMARTS) is 1. The van der Waals surface area contributed by atoms with Crippen LogP contribution in [0.15, 0.2) is 0 Å². The molecule has 0 saturated carbocycles. The summed E-state index contributed by atoms with van der Waals surface area (Å²) in [7, 11) is 0. The fourth-order valence-electron chi connectivity index (χ4n) is 6.65. The molecule has 0 aromatic carbocycles. The topological polar surface area (TPSA) is 43.4 Å². The fraction of sp³-hybridized carbons (Fsp3) is 0.975. The maximum Gasteiger partial charge on any atom is 1.00 e. The first-order valence-corrected chi connectivity index (χ1v) is 20.1. The average Bonchev–Trinajstić information content (AvgIpc) is 2.99. The molecule has 1 atom stereocenters. The van der Waals surface area contributed by atoms with Crippen molar-refractivity contribution in [3.8, 4) is 0 Å². The molecule has 0 heterocycles. The Morgan fingerprint density at radius 1 is 0.432 bits per heavy atom. The van der Waals surface area contributed by atoms with Gasteiger partial charge in [-0.15, -0.1) is 0 Å². The second-order valence-corrected chi connectivity index (χ2v) is 14.1. The van der Waals surface area contributed by atoms with E-state index in [0.29, 0.717) is 0 Å². The number of unbranched alkanes of at least 4 members (excludes halogenated alkanes) is 30. The summed E-state index contributed by atoms with van der Waals surface area (Å²) in [6, 6.07) is 0.0951. The normalized spacial score (nSPS) is 12.1. The van der Waals surface area contributed by atoms with E-state index in [4.69, 9.17) is 0 Å². The van der Waals surface area contributed by atoms with Crippen LogP contribution in [-0.4, -0.2) is 30.0 Å². The SMILES string of the molecule is CCCCCCCCCCCCCCCCCCN(CCCCCCCCCCCCCCCCCC)C(C)CC(=O)[O-].[K+]. The van der Waals surface area contributed by atoms with Crippen LogP contribution in [0.4, 0.5) is 0 Å². The van der Waals surface area contributed by atoms with Crippen LogP contribution in [0.25, 0.3) is 0 Å². The minimum atomic E-state index is -0.906. The molecule has 0 aliphatic carbocycles. The molecule has 0 amide bonds. The van der Waals surface area contributed by atoms with Crippen LogP contribution < -0.4 is 56.5 Å². The smallest absolute Gasteiger partial charge is 0.550 e. The molecule has 0 aliphatic rings. The van der Waals surface area contributed by atoms with Gasteiger partial charge >= 0.3 is 51.4 Å². The van der Waals surface area contributed by atoms with Gasteiger partial charge in [-0.25, -0.2) is 0 Å². The standard InChI is InChI=1S/C40H81NO2.K/c1-4-6-8-10-12-14-16-18-20-22-24-26-28-30-32-34-36-41(39(3)38-40(42)43)37-35-33-31-29-27-25-23-21-19-17-15-13-11-9-7-5-2;/h39H,4-38H2,1-3H3,(H,42,43);/q;+1/p-1. The maximum absolute atomic E-state index is 11.2. The Morgan fingerprint density at radius 3 is 0.841 bits per heavy atom. The second-order valence-electron chi connectivity index (χ2n) is 14.1. The van der Waals surface area contributed by atoms with E-state index in [1.54, 1.807) is 0 Å². The van der Waals surface area contributed by atoms with Gasteiger partial charge in [-0.2, -0.15) is 0 Å². The second kappa shape index (κ2) is 40.2. The van der Waals surface area contributed by atoms with E-state index in [-0.39, 0.29) is 63.8 Å². The Balaban J connectivity index is 0. The Kier molecular flexibility index (Phi) is 43.2. The molecule has 1 unspecified atom stereocenters. The molecule has 3 nitrogen and oxygen atoms in total. The molecule has 0 fully saturated rings. The molecule has 4 heteroatoms. The van der Waals surface area contributed by atoms with Crippen molar-refractivity contribution in [3.63, 3.8) is 0 Å². The van der Waals surface area contributed by atoms with Crippen LogP contribution in [0.3, 0.4) is 0 Å². The Hall–Kier alpha value is 1.07. The van der Waals surface area contributed by atoms with E-state index in [9.17, 15) is 9.90 Å². The summed E-state index contributed by atoms with van der Waals surface area (Å²) in [5.74, 6) is -0.906. The van der Waals surface area contributed by atoms with Gasteiger partial charge in [0.25, 0.3) is 0 Å². The number of rotatable bonds is 37. The van der Waals surface area contributed by atoms with Crippen molar-refractivity contribution < 1.29 is 61.3 Å². The summed E-state index contributed by atoms with van der Waals surface area (Å²) < 4.78 is 0. The van der Waals surface area contributed by atoms with Crippen LogP contribution in [0.2, 0.25) is 0 Å². The van der Waals surface area contributed by atoms with Crippen LogP contribution in [-0.2, 0) is 4.79 Å². The van der Waals surface area contributed by atoms with Gasteiger partial charge in [0.05, 0.1) is 0 Å². The molecule has 0 spiro atoms. The maximum atomic E-state index is 11.2. The third-order valence-corrected chi connectivity index (χ3v) is 9.68. The van der Waals surface area contributed by atoms with Crippen molar-refractivity contribution in [1.82, 2.24) is 4.90 Å². The Labute approximate surface area is 321 Å². The first kappa shape index (κ1) is 47.2. The number of carbonyl (C=O) groups excluding carboxylic acids is 1. The van der Waals surface area contributed by atoms with Crippen LogP contribution in [0.5, 0.6) is 0 Å². The number of aliphatic carboxylic acids is 1. The molecule has 0 radical (unpaired) electrons. The van der Waals surface area contributed by atoms with Gasteiger partial charge in [0.15, 0.2) is 0 Å². The van der Waals surface area contributed by atoms with Crippen molar-refractivity contribution in [2.75, 3.05) is 13.1 Å². The molecule has 0 aromatic heterocycles. The molecule has 0 saturated heterocycles. The van der Waals surface area contributed by atoms with Gasteiger partial charge in [-0.05, 0) is 32.9 Å². The zero-order chi connectivity index (χ0) is 31.5. The average molecular weight is 646 g/mol. The van der Waals surface area contributed by atoms with Gasteiger partial charge in [0, 0.05) is 18.4 Å². The molecule has 0 aliphatic heterocycles. The molecular formula is C40H80KNO2. The summed E-state index contributed by atoms with van der Waals surface area (Å²) in [5, 5.41) is 11.2. The molecule has 258 valence electrons. The summed E-state index contributed by atoms with van der Waals surface area (Å²) in [6.45, 7) is 8.76. The molecule has 44 heavy (non-hydrogen) atoms. The number of carboxylic acids is 1. The predicted octanol–water partition coefficient (Wildman–Crippen LogP) is 9.34. The summed E-state index contributed by atoms with van der Waals surface area (Å²) in [6.07, 6.45) is 44.7. The van der Waals surface area contributed by atoms with Gasteiger partial charge in [-0.1, -0.05) is 206 Å². The van der Waals surface area contributed by atoms with E-state index in [2.05, 4.69) is 25.7 Å². The minimum absolute atomic E-state index is 0. The zero-order valence-electron chi connectivity index (χ0n) is 31.1. The number of carbonyl (C=O) groups is 1. The van der Waals surface area contributed by atoms with Crippen molar-refractivity contribution in [1.29, 1.82) is 0 Å². The summed E-state index contributed by atoms with van der Waals surface area (Å²) in [5.41, 5.74) is 0. The predicted molar refractivity (Wildman–Crippen MR) is 190 cm³/mol. The van der Waals surface area contributed by atoms with Crippen LogP contribution in [0.1, 0.15) is 233 Å². The fourth-order valence-corrected chi connectivity index (χ4v) is 6.65. The van der Waals surface area contributed by atoms with E-state index < -0.39 is 5.97 Å². The molecule has 0 rings (SSSR count). The largest absolute Gasteiger partial charge is 1.00 e. The molecule has 0 aromatic rings. The van der Waals surface area contributed by atoms with E-state index in [0.717, 1.165) is 13.1 Å². The number of hydrogen-bond donors (Lipinski definition) is 0. The summed E-state index contributed by atoms with van der Waals surface area (Å²) in [4.78, 5) is 13.7. The van der Waals surface area contributed by atoms with E-state index in [1.807, 2.05) is 0 Å². The van der Waals surface area contributed by atoms with Gasteiger partial charge in [0.1, 0.15) is 0 Å². The van der Waals surface area contributed by atoms with Crippen molar-refractivity contribution in [2.45, 2.75) is 239 Å². The zero-order valence-corrected chi connectivity index (χ0v) is 34.2. The molecule has 0 N–H and O–H groups in total. The van der Waals surface area contributed by atoms with E-state index >= 15 is 0 Å². The van der Waals surface area contributed by atoms with E-state index in [1.165, 1.54) is 205 Å². The number of hydrogen-bond acceptors (Lipinski definition) is 3. The van der Waals surface area contributed by atoms with Gasteiger partial charge < -0.3 is 14.8 Å². The van der Waals surface area contributed by atoms with Gasteiger partial charge in [0.2, 0.25) is 0 Å².